The summed E-state index contributed by atoms with van der Waals surface area (Å²) in [4.78, 5) is 24.1. The van der Waals surface area contributed by atoms with Crippen molar-refractivity contribution in [2.45, 2.75) is 42.3 Å². The van der Waals surface area contributed by atoms with Crippen molar-refractivity contribution in [1.82, 2.24) is 0 Å². The first-order valence-electron chi connectivity index (χ1n) is 6.01. The summed E-state index contributed by atoms with van der Waals surface area (Å²) in [5.41, 5.74) is -0.475. The van der Waals surface area contributed by atoms with Crippen LogP contribution in [-0.4, -0.2) is 21.6 Å². The Labute approximate surface area is 118 Å². The van der Waals surface area contributed by atoms with Crippen molar-refractivity contribution in [1.29, 1.82) is 0 Å². The number of fused-ring (bicyclic) bond motifs is 1. The van der Waals surface area contributed by atoms with Crippen molar-refractivity contribution in [2.75, 3.05) is 6.61 Å². The maximum atomic E-state index is 12.5. The van der Waals surface area contributed by atoms with E-state index in [0.29, 0.717) is 12.5 Å². The molecule has 5 heteroatoms. The molecular weight excluding hydrogens is 352 g/mol. The van der Waals surface area contributed by atoms with Crippen LogP contribution in [0.15, 0.2) is 0 Å². The summed E-state index contributed by atoms with van der Waals surface area (Å²) in [6.45, 7) is 2.16. The topological polar surface area (TPSA) is 43.4 Å². The van der Waals surface area contributed by atoms with E-state index in [-0.39, 0.29) is 18.2 Å². The molecule has 3 nitrogen and oxygen atoms in total. The predicted molar refractivity (Wildman–Crippen MR) is 71.2 cm³/mol. The first-order chi connectivity index (χ1) is 7.92. The number of esters is 1. The molecular formula is C12H16Br2O3. The highest BCUT2D eigenvalue weighted by Crippen LogP contribution is 2.60. The van der Waals surface area contributed by atoms with E-state index in [1.807, 2.05) is 0 Å². The number of hydrogen-bond donors (Lipinski definition) is 0. The smallest absolute Gasteiger partial charge is 0.306 e. The van der Waals surface area contributed by atoms with Gasteiger partial charge in [0.25, 0.3) is 0 Å². The Morgan fingerprint density at radius 3 is 2.59 bits per heavy atom. The third-order valence-electron chi connectivity index (χ3n) is 4.08. The molecule has 0 unspecified atom stereocenters. The van der Waals surface area contributed by atoms with E-state index in [0.717, 1.165) is 25.7 Å². The van der Waals surface area contributed by atoms with E-state index in [4.69, 9.17) is 4.74 Å². The van der Waals surface area contributed by atoms with Crippen LogP contribution in [0, 0.1) is 11.3 Å². The number of carbonyl (C=O) groups excluding carboxylic acids is 2. The Morgan fingerprint density at radius 1 is 1.41 bits per heavy atom. The van der Waals surface area contributed by atoms with Gasteiger partial charge in [0.05, 0.1) is 13.0 Å². The highest BCUT2D eigenvalue weighted by Gasteiger charge is 2.61. The van der Waals surface area contributed by atoms with Crippen LogP contribution in [0.25, 0.3) is 0 Å². The molecule has 0 heterocycles. The van der Waals surface area contributed by atoms with Gasteiger partial charge in [0.2, 0.25) is 0 Å². The summed E-state index contributed by atoms with van der Waals surface area (Å²) in [7, 11) is 0. The molecule has 2 fully saturated rings. The van der Waals surface area contributed by atoms with Gasteiger partial charge in [-0.1, -0.05) is 31.9 Å². The molecule has 2 aliphatic carbocycles. The Bertz CT molecular complexity index is 354. The average Bonchev–Trinajstić information content (AvgIpc) is 2.22. The van der Waals surface area contributed by atoms with E-state index < -0.39 is 8.65 Å². The lowest BCUT2D eigenvalue weighted by Crippen LogP contribution is -2.57. The van der Waals surface area contributed by atoms with E-state index in [9.17, 15) is 9.59 Å². The number of rotatable bonds is 3. The minimum absolute atomic E-state index is 0.126. The molecule has 0 aliphatic heterocycles. The molecule has 0 N–H and O–H groups in total. The molecule has 0 radical (unpaired) electrons. The van der Waals surface area contributed by atoms with Gasteiger partial charge in [-0.25, -0.2) is 0 Å². The van der Waals surface area contributed by atoms with Gasteiger partial charge in [0, 0.05) is 5.41 Å². The van der Waals surface area contributed by atoms with E-state index in [2.05, 4.69) is 31.9 Å². The molecule has 2 saturated carbocycles. The number of hydrogen-bond acceptors (Lipinski definition) is 3. The van der Waals surface area contributed by atoms with Gasteiger partial charge in [-0.3, -0.25) is 9.59 Å². The predicted octanol–water partition coefficient (Wildman–Crippen LogP) is 3.19. The van der Waals surface area contributed by atoms with Crippen LogP contribution in [-0.2, 0) is 14.3 Å². The number of ketones is 1. The van der Waals surface area contributed by atoms with Gasteiger partial charge in [0.15, 0.2) is 5.78 Å². The lowest BCUT2D eigenvalue weighted by molar-refractivity contribution is -0.160. The molecule has 0 bridgehead atoms. The SMILES string of the molecule is CCOC(=O)C[C@]12CC[C@H]1CCC(Br)(Br)C2=O. The summed E-state index contributed by atoms with van der Waals surface area (Å²) in [5, 5.41) is 0. The average molecular weight is 368 g/mol. The molecule has 2 aliphatic rings. The molecule has 2 rings (SSSR count). The van der Waals surface area contributed by atoms with Crippen LogP contribution < -0.4 is 0 Å². The highest BCUT2D eigenvalue weighted by molar-refractivity contribution is 9.25. The van der Waals surface area contributed by atoms with Crippen molar-refractivity contribution >= 4 is 43.6 Å². The number of alkyl halides is 2. The summed E-state index contributed by atoms with van der Waals surface area (Å²) >= 11 is 6.88. The lowest BCUT2D eigenvalue weighted by Gasteiger charge is -2.54. The van der Waals surface area contributed by atoms with Crippen molar-refractivity contribution in [3.63, 3.8) is 0 Å². The third-order valence-corrected chi connectivity index (χ3v) is 5.59. The van der Waals surface area contributed by atoms with Crippen molar-refractivity contribution < 1.29 is 14.3 Å². The second-order valence-corrected chi connectivity index (χ2v) is 8.72. The Kier molecular flexibility index (Phi) is 3.70. The Hall–Kier alpha value is 0.1000. The van der Waals surface area contributed by atoms with Gasteiger partial charge >= 0.3 is 5.97 Å². The molecule has 96 valence electrons. The van der Waals surface area contributed by atoms with Crippen LogP contribution >= 0.6 is 31.9 Å². The van der Waals surface area contributed by atoms with Crippen molar-refractivity contribution in [3.05, 3.63) is 0 Å². The Morgan fingerprint density at radius 2 is 2.06 bits per heavy atom. The second-order valence-electron chi connectivity index (χ2n) is 4.95. The molecule has 0 amide bonds. The van der Waals surface area contributed by atoms with Gasteiger partial charge in [0.1, 0.15) is 3.23 Å². The first kappa shape index (κ1) is 13.5. The number of carbonyl (C=O) groups is 2. The zero-order valence-electron chi connectivity index (χ0n) is 9.80. The van der Waals surface area contributed by atoms with Crippen LogP contribution in [0.1, 0.15) is 39.0 Å². The van der Waals surface area contributed by atoms with E-state index in [1.165, 1.54) is 0 Å². The van der Waals surface area contributed by atoms with Gasteiger partial charge in [-0.2, -0.15) is 0 Å². The monoisotopic (exact) mass is 366 g/mol. The fraction of sp³-hybridized carbons (Fsp3) is 0.833. The zero-order valence-corrected chi connectivity index (χ0v) is 13.0. The van der Waals surface area contributed by atoms with Gasteiger partial charge < -0.3 is 4.74 Å². The zero-order chi connectivity index (χ0) is 12.7. The lowest BCUT2D eigenvalue weighted by atomic mass is 9.52. The Balaban J connectivity index is 2.16. The van der Waals surface area contributed by atoms with E-state index in [1.54, 1.807) is 6.92 Å². The fourth-order valence-electron chi connectivity index (χ4n) is 3.03. The highest BCUT2D eigenvalue weighted by atomic mass is 79.9. The summed E-state index contributed by atoms with van der Waals surface area (Å²) in [5.74, 6) is 0.242. The first-order valence-corrected chi connectivity index (χ1v) is 7.59. The molecule has 0 aromatic rings. The molecule has 0 aromatic heterocycles. The van der Waals surface area contributed by atoms with Gasteiger partial charge in [-0.05, 0) is 38.5 Å². The van der Waals surface area contributed by atoms with Crippen LogP contribution in [0.4, 0.5) is 0 Å². The quantitative estimate of drug-likeness (QED) is 0.568. The fourth-order valence-corrected chi connectivity index (χ4v) is 4.28. The minimum atomic E-state index is -0.636. The van der Waals surface area contributed by atoms with Crippen LogP contribution in [0.3, 0.4) is 0 Å². The van der Waals surface area contributed by atoms with E-state index >= 15 is 0 Å². The van der Waals surface area contributed by atoms with Crippen LogP contribution in [0.5, 0.6) is 0 Å². The number of Topliss-reactive ketones (excluding diaryl/α,β-unsaturated/α-hetero) is 1. The molecule has 0 aromatic carbocycles. The molecule has 0 spiro atoms. The standard InChI is InChI=1S/C12H16Br2O3/c1-2-17-9(15)7-11-5-3-8(11)4-6-12(13,14)10(11)16/h8H,2-7H2,1H3/t8-,11+/m0/s1. The second kappa shape index (κ2) is 4.65. The van der Waals surface area contributed by atoms with Crippen molar-refractivity contribution in [2.24, 2.45) is 11.3 Å². The molecule has 17 heavy (non-hydrogen) atoms. The summed E-state index contributed by atoms with van der Waals surface area (Å²) < 4.78 is 4.35. The third kappa shape index (κ3) is 2.21. The number of ether oxygens (including phenoxy) is 1. The maximum absolute atomic E-state index is 12.5. The molecule has 0 saturated heterocycles. The largest absolute Gasteiger partial charge is 0.466 e. The van der Waals surface area contributed by atoms with Crippen LogP contribution in [0.2, 0.25) is 0 Å². The van der Waals surface area contributed by atoms with Gasteiger partial charge in [-0.15, -0.1) is 0 Å². The van der Waals surface area contributed by atoms with Crippen molar-refractivity contribution in [3.8, 4) is 0 Å². The summed E-state index contributed by atoms with van der Waals surface area (Å²) in [6.07, 6.45) is 3.89. The summed E-state index contributed by atoms with van der Waals surface area (Å²) in [6, 6.07) is 0. The maximum Gasteiger partial charge on any atom is 0.306 e. The molecule has 2 atom stereocenters. The normalized spacial score (nSPS) is 34.8. The minimum Gasteiger partial charge on any atom is -0.466 e. The number of halogens is 2.